The summed E-state index contributed by atoms with van der Waals surface area (Å²) in [5.74, 6) is 0.762. The number of rotatable bonds is 7. The van der Waals surface area contributed by atoms with Crippen LogP contribution >= 0.6 is 0 Å². The first-order valence-electron chi connectivity index (χ1n) is 6.03. The first kappa shape index (κ1) is 14.5. The van der Waals surface area contributed by atoms with E-state index in [4.69, 9.17) is 14.7 Å². The molecule has 0 aliphatic rings. The Balaban J connectivity index is 2.29. The molecule has 0 fully saturated rings. The van der Waals surface area contributed by atoms with Gasteiger partial charge in [0.1, 0.15) is 18.5 Å². The summed E-state index contributed by atoms with van der Waals surface area (Å²) in [5.41, 5.74) is 1.08. The zero-order valence-electron chi connectivity index (χ0n) is 10.8. The van der Waals surface area contributed by atoms with Crippen molar-refractivity contribution in [1.82, 2.24) is 0 Å². The second kappa shape index (κ2) is 7.70. The van der Waals surface area contributed by atoms with Crippen LogP contribution in [0.25, 0.3) is 0 Å². The van der Waals surface area contributed by atoms with Crippen molar-refractivity contribution >= 4 is 0 Å². The molecule has 2 atom stereocenters. The molecule has 1 N–H and O–H groups in total. The van der Waals surface area contributed by atoms with Crippen LogP contribution in [-0.4, -0.2) is 30.5 Å². The SMILES string of the molecule is CC(O)Cc1ccc(OCCOC(C)C#N)cc1. The van der Waals surface area contributed by atoms with E-state index in [1.54, 1.807) is 13.8 Å². The van der Waals surface area contributed by atoms with E-state index in [0.717, 1.165) is 11.3 Å². The minimum atomic E-state index is -0.401. The maximum atomic E-state index is 9.25. The van der Waals surface area contributed by atoms with E-state index in [0.29, 0.717) is 19.6 Å². The molecular weight excluding hydrogens is 230 g/mol. The number of benzene rings is 1. The monoisotopic (exact) mass is 249 g/mol. The van der Waals surface area contributed by atoms with Crippen LogP contribution in [0.15, 0.2) is 24.3 Å². The van der Waals surface area contributed by atoms with E-state index < -0.39 is 6.10 Å². The van der Waals surface area contributed by atoms with Crippen LogP contribution in [0.3, 0.4) is 0 Å². The van der Waals surface area contributed by atoms with Crippen molar-refractivity contribution in [2.75, 3.05) is 13.2 Å². The van der Waals surface area contributed by atoms with Crippen LogP contribution in [0.1, 0.15) is 19.4 Å². The van der Waals surface area contributed by atoms with E-state index in [2.05, 4.69) is 0 Å². The molecule has 4 nitrogen and oxygen atoms in total. The summed E-state index contributed by atoms with van der Waals surface area (Å²) < 4.78 is 10.6. The molecule has 0 amide bonds. The molecule has 1 rings (SSSR count). The van der Waals surface area contributed by atoms with Gasteiger partial charge in [-0.25, -0.2) is 0 Å². The van der Waals surface area contributed by atoms with Crippen LogP contribution in [0.5, 0.6) is 5.75 Å². The third kappa shape index (κ3) is 5.67. The number of hydrogen-bond acceptors (Lipinski definition) is 4. The van der Waals surface area contributed by atoms with Gasteiger partial charge in [0, 0.05) is 0 Å². The molecule has 0 aliphatic heterocycles. The molecule has 0 saturated heterocycles. The number of ether oxygens (including phenoxy) is 2. The number of aliphatic hydroxyl groups is 1. The van der Waals surface area contributed by atoms with Gasteiger partial charge in [-0.15, -0.1) is 0 Å². The average Bonchev–Trinajstić information content (AvgIpc) is 2.35. The van der Waals surface area contributed by atoms with Gasteiger partial charge in [0.15, 0.2) is 0 Å². The lowest BCUT2D eigenvalue weighted by Crippen LogP contribution is -2.12. The third-order valence-electron chi connectivity index (χ3n) is 2.36. The Hall–Kier alpha value is -1.57. The van der Waals surface area contributed by atoms with Gasteiger partial charge in [-0.3, -0.25) is 0 Å². The van der Waals surface area contributed by atoms with Crippen molar-refractivity contribution in [3.63, 3.8) is 0 Å². The fraction of sp³-hybridized carbons (Fsp3) is 0.500. The normalized spacial score (nSPS) is 13.7. The second-order valence-corrected chi connectivity index (χ2v) is 4.19. The Morgan fingerprint density at radius 3 is 2.44 bits per heavy atom. The van der Waals surface area contributed by atoms with E-state index >= 15 is 0 Å². The smallest absolute Gasteiger partial charge is 0.141 e. The van der Waals surface area contributed by atoms with Gasteiger partial charge in [0.25, 0.3) is 0 Å². The summed E-state index contributed by atoms with van der Waals surface area (Å²) >= 11 is 0. The van der Waals surface area contributed by atoms with E-state index in [-0.39, 0.29) is 6.10 Å². The van der Waals surface area contributed by atoms with Crippen LogP contribution in [-0.2, 0) is 11.2 Å². The highest BCUT2D eigenvalue weighted by Gasteiger charge is 2.01. The molecule has 0 aliphatic carbocycles. The summed E-state index contributed by atoms with van der Waals surface area (Å²) in [5, 5.41) is 17.8. The first-order valence-corrected chi connectivity index (χ1v) is 6.03. The Labute approximate surface area is 108 Å². The molecule has 0 bridgehead atoms. The molecule has 0 radical (unpaired) electrons. The number of nitrogens with zero attached hydrogens (tertiary/aromatic N) is 1. The van der Waals surface area contributed by atoms with E-state index in [9.17, 15) is 5.11 Å². The Bertz CT molecular complexity index is 381. The minimum Gasteiger partial charge on any atom is -0.491 e. The average molecular weight is 249 g/mol. The largest absolute Gasteiger partial charge is 0.491 e. The Kier molecular flexibility index (Phi) is 6.20. The fourth-order valence-corrected chi connectivity index (χ4v) is 1.48. The van der Waals surface area contributed by atoms with Gasteiger partial charge in [0.05, 0.1) is 18.8 Å². The summed E-state index contributed by atoms with van der Waals surface area (Å²) in [7, 11) is 0. The van der Waals surface area contributed by atoms with Gasteiger partial charge in [-0.2, -0.15) is 5.26 Å². The lowest BCUT2D eigenvalue weighted by molar-refractivity contribution is 0.0744. The van der Waals surface area contributed by atoms with E-state index in [1.807, 2.05) is 30.3 Å². The quantitative estimate of drug-likeness (QED) is 0.750. The maximum absolute atomic E-state index is 9.25. The summed E-state index contributed by atoms with van der Waals surface area (Å²) in [6.45, 7) is 4.27. The van der Waals surface area contributed by atoms with Crippen LogP contribution in [0.4, 0.5) is 0 Å². The first-order chi connectivity index (χ1) is 8.61. The molecule has 1 aromatic carbocycles. The zero-order chi connectivity index (χ0) is 13.4. The van der Waals surface area contributed by atoms with Gasteiger partial charge in [0.2, 0.25) is 0 Å². The zero-order valence-corrected chi connectivity index (χ0v) is 10.8. The number of aliphatic hydroxyl groups excluding tert-OH is 1. The van der Waals surface area contributed by atoms with Crippen molar-refractivity contribution in [2.45, 2.75) is 32.5 Å². The highest BCUT2D eigenvalue weighted by atomic mass is 16.5. The van der Waals surface area contributed by atoms with Crippen molar-refractivity contribution in [3.8, 4) is 11.8 Å². The van der Waals surface area contributed by atoms with E-state index in [1.165, 1.54) is 0 Å². The molecule has 0 aromatic heterocycles. The summed E-state index contributed by atoms with van der Waals surface area (Å²) in [6, 6.07) is 9.58. The molecule has 98 valence electrons. The number of nitriles is 1. The molecule has 0 heterocycles. The fourth-order valence-electron chi connectivity index (χ4n) is 1.48. The molecule has 0 spiro atoms. The third-order valence-corrected chi connectivity index (χ3v) is 2.36. The lowest BCUT2D eigenvalue weighted by atomic mass is 10.1. The van der Waals surface area contributed by atoms with Crippen molar-refractivity contribution < 1.29 is 14.6 Å². The van der Waals surface area contributed by atoms with Crippen molar-refractivity contribution in [2.24, 2.45) is 0 Å². The number of hydrogen-bond donors (Lipinski definition) is 1. The molecule has 4 heteroatoms. The highest BCUT2D eigenvalue weighted by Crippen LogP contribution is 2.13. The second-order valence-electron chi connectivity index (χ2n) is 4.19. The molecule has 0 saturated carbocycles. The highest BCUT2D eigenvalue weighted by molar-refractivity contribution is 5.27. The van der Waals surface area contributed by atoms with Crippen LogP contribution < -0.4 is 4.74 Å². The van der Waals surface area contributed by atoms with Crippen molar-refractivity contribution in [3.05, 3.63) is 29.8 Å². The molecule has 18 heavy (non-hydrogen) atoms. The van der Waals surface area contributed by atoms with Gasteiger partial charge < -0.3 is 14.6 Å². The predicted octanol–water partition coefficient (Wildman–Crippen LogP) is 1.92. The Morgan fingerprint density at radius 2 is 1.89 bits per heavy atom. The Morgan fingerprint density at radius 1 is 1.22 bits per heavy atom. The minimum absolute atomic E-state index is 0.336. The molecule has 2 unspecified atom stereocenters. The van der Waals surface area contributed by atoms with Crippen LogP contribution in [0, 0.1) is 11.3 Å². The van der Waals surface area contributed by atoms with Crippen LogP contribution in [0.2, 0.25) is 0 Å². The molecular formula is C14H19NO3. The standard InChI is InChI=1S/C14H19NO3/c1-11(16)9-13-3-5-14(6-4-13)18-8-7-17-12(2)10-15/h3-6,11-12,16H,7-9H2,1-2H3. The predicted molar refractivity (Wildman–Crippen MR) is 68.3 cm³/mol. The lowest BCUT2D eigenvalue weighted by Gasteiger charge is -2.09. The van der Waals surface area contributed by atoms with Gasteiger partial charge in [-0.05, 0) is 38.0 Å². The van der Waals surface area contributed by atoms with Gasteiger partial charge in [-0.1, -0.05) is 12.1 Å². The summed E-state index contributed by atoms with van der Waals surface area (Å²) in [4.78, 5) is 0. The summed E-state index contributed by atoms with van der Waals surface area (Å²) in [6.07, 6.45) is -0.0945. The molecule has 1 aromatic rings. The maximum Gasteiger partial charge on any atom is 0.141 e. The van der Waals surface area contributed by atoms with Gasteiger partial charge >= 0.3 is 0 Å². The van der Waals surface area contributed by atoms with Crippen molar-refractivity contribution in [1.29, 1.82) is 5.26 Å². The topological polar surface area (TPSA) is 62.5 Å².